The zero-order chi connectivity index (χ0) is 34.6. The maximum Gasteiger partial charge on any atom is 0.235 e. The highest BCUT2D eigenvalue weighted by molar-refractivity contribution is 7.28. The number of rotatable bonds is 3. The van der Waals surface area contributed by atoms with Crippen LogP contribution in [0.5, 0.6) is 0 Å². The third kappa shape index (κ3) is 4.26. The van der Waals surface area contributed by atoms with E-state index in [1.807, 2.05) is 22.7 Å². The van der Waals surface area contributed by atoms with Gasteiger partial charge in [-0.2, -0.15) is 0 Å². The molecule has 0 fully saturated rings. The molecule has 5 heteroatoms. The van der Waals surface area contributed by atoms with Crippen LogP contribution in [0, 0.1) is 0 Å². The zero-order valence-electron chi connectivity index (χ0n) is 28.2. The molecule has 4 aromatic heterocycles. The van der Waals surface area contributed by atoms with E-state index in [9.17, 15) is 0 Å². The van der Waals surface area contributed by atoms with Crippen LogP contribution < -0.4 is 0 Å². The lowest BCUT2D eigenvalue weighted by molar-refractivity contribution is 1.01. The Morgan fingerprint density at radius 2 is 0.943 bits per heavy atom. The molecule has 8 aromatic carbocycles. The Kier molecular flexibility index (Phi) is 6.09. The molecule has 0 atom stereocenters. The van der Waals surface area contributed by atoms with E-state index in [1.54, 1.807) is 0 Å². The Balaban J connectivity index is 1.15. The van der Waals surface area contributed by atoms with Gasteiger partial charge in [-0.05, 0) is 64.4 Å². The zero-order valence-corrected chi connectivity index (χ0v) is 29.9. The molecule has 12 aromatic rings. The molecule has 0 unspecified atom stereocenters. The van der Waals surface area contributed by atoms with Gasteiger partial charge in [0.15, 0.2) is 0 Å². The van der Waals surface area contributed by atoms with Crippen molar-refractivity contribution in [1.29, 1.82) is 0 Å². The molecule has 0 spiro atoms. The lowest BCUT2D eigenvalue weighted by Gasteiger charge is -2.12. The van der Waals surface area contributed by atoms with Crippen LogP contribution in [0.25, 0.3) is 112 Å². The second kappa shape index (κ2) is 11.1. The summed E-state index contributed by atoms with van der Waals surface area (Å²) in [5.74, 6) is 0.680. The molecule has 0 aliphatic heterocycles. The molecule has 0 saturated heterocycles. The van der Waals surface area contributed by atoms with E-state index in [0.717, 1.165) is 33.2 Å². The van der Waals surface area contributed by atoms with Crippen LogP contribution in [0.15, 0.2) is 164 Å². The van der Waals surface area contributed by atoms with Gasteiger partial charge in [0.1, 0.15) is 0 Å². The summed E-state index contributed by atoms with van der Waals surface area (Å²) in [5.41, 5.74) is 7.61. The minimum Gasteiger partial charge on any atom is -0.278 e. The lowest BCUT2D eigenvalue weighted by Crippen LogP contribution is -2.03. The maximum absolute atomic E-state index is 5.49. The van der Waals surface area contributed by atoms with E-state index in [-0.39, 0.29) is 0 Å². The Morgan fingerprint density at radius 1 is 0.396 bits per heavy atom. The smallest absolute Gasteiger partial charge is 0.235 e. The van der Waals surface area contributed by atoms with Crippen molar-refractivity contribution in [2.45, 2.75) is 0 Å². The van der Waals surface area contributed by atoms with Gasteiger partial charge in [0, 0.05) is 62.1 Å². The summed E-state index contributed by atoms with van der Waals surface area (Å²) in [6.07, 6.45) is 0. The number of thiophene rings is 2. The fourth-order valence-electron chi connectivity index (χ4n) is 8.35. The predicted molar refractivity (Wildman–Crippen MR) is 228 cm³/mol. The molecule has 4 heterocycles. The Morgan fingerprint density at radius 3 is 1.60 bits per heavy atom. The van der Waals surface area contributed by atoms with Crippen molar-refractivity contribution < 1.29 is 0 Å². The molecule has 0 aliphatic carbocycles. The fourth-order valence-corrected chi connectivity index (χ4v) is 10.8. The summed E-state index contributed by atoms with van der Waals surface area (Å²) < 4.78 is 7.53. The third-order valence-electron chi connectivity index (χ3n) is 10.8. The van der Waals surface area contributed by atoms with Gasteiger partial charge in [-0.15, -0.1) is 22.7 Å². The third-order valence-corrected chi connectivity index (χ3v) is 13.2. The van der Waals surface area contributed by atoms with Crippen LogP contribution in [-0.2, 0) is 0 Å². The minimum absolute atomic E-state index is 0.680. The van der Waals surface area contributed by atoms with Gasteiger partial charge in [-0.1, -0.05) is 121 Å². The molecule has 0 radical (unpaired) electrons. The number of benzene rings is 8. The van der Waals surface area contributed by atoms with Gasteiger partial charge in [0.2, 0.25) is 5.95 Å². The van der Waals surface area contributed by atoms with E-state index in [0.29, 0.717) is 5.95 Å². The minimum atomic E-state index is 0.680. The second-order valence-corrected chi connectivity index (χ2v) is 15.8. The first-order valence-electron chi connectivity index (χ1n) is 17.8. The van der Waals surface area contributed by atoms with E-state index >= 15 is 0 Å². The lowest BCUT2D eigenvalue weighted by atomic mass is 9.98. The van der Waals surface area contributed by atoms with Crippen molar-refractivity contribution in [2.75, 3.05) is 0 Å². The first-order chi connectivity index (χ1) is 26.3. The average Bonchev–Trinajstić information content (AvgIpc) is 3.90. The van der Waals surface area contributed by atoms with Crippen LogP contribution >= 0.6 is 22.7 Å². The van der Waals surface area contributed by atoms with E-state index < -0.39 is 0 Å². The molecule has 53 heavy (non-hydrogen) atoms. The van der Waals surface area contributed by atoms with Crippen LogP contribution in [0.2, 0.25) is 0 Å². The molecular weight excluding hydrogens is 683 g/mol. The maximum atomic E-state index is 5.49. The van der Waals surface area contributed by atoms with Gasteiger partial charge >= 0.3 is 0 Å². The number of para-hydroxylation sites is 1. The molecule has 0 saturated carbocycles. The Labute approximate surface area is 311 Å². The number of hydrogen-bond donors (Lipinski definition) is 0. The van der Waals surface area contributed by atoms with E-state index in [4.69, 9.17) is 9.97 Å². The fraction of sp³-hybridized carbons (Fsp3) is 0. The molecule has 3 nitrogen and oxygen atoms in total. The SMILES string of the molecule is c1ccc(-c2ccc3cc(-c4nc(-n5c6ccc7c8ccccc8sc7c6c6c7sc8ccccc8c7ccc65)nc5ccccc45)ccc3c2)cc1. The van der Waals surface area contributed by atoms with Crippen molar-refractivity contribution in [3.05, 3.63) is 164 Å². The van der Waals surface area contributed by atoms with E-state index in [1.165, 1.54) is 73.0 Å². The average molecular weight is 710 g/mol. The van der Waals surface area contributed by atoms with E-state index in [2.05, 4.69) is 168 Å². The number of nitrogens with zero attached hydrogens (tertiary/aromatic N) is 3. The normalized spacial score (nSPS) is 12.2. The standard InChI is InChI=1S/C48H27N3S2/c1-2-10-28(11-3-1)29-18-19-31-27-32(21-20-30(31)26-29)45-37-14-4-7-15-38(37)49-48(50-45)51-39-24-22-35-33-12-5-8-16-41(33)52-46(35)43(39)44-40(51)25-23-36-34-13-6-9-17-42(34)53-47(36)44/h1-27H. The number of hydrogen-bond acceptors (Lipinski definition) is 4. The summed E-state index contributed by atoms with van der Waals surface area (Å²) >= 11 is 3.77. The van der Waals surface area contributed by atoms with Crippen molar-refractivity contribution in [3.8, 4) is 28.3 Å². The first-order valence-corrected chi connectivity index (χ1v) is 19.5. The monoisotopic (exact) mass is 709 g/mol. The second-order valence-electron chi connectivity index (χ2n) is 13.7. The van der Waals surface area contributed by atoms with Gasteiger partial charge in [0.05, 0.1) is 22.2 Å². The largest absolute Gasteiger partial charge is 0.278 e. The highest BCUT2D eigenvalue weighted by Crippen LogP contribution is 2.48. The molecule has 0 bridgehead atoms. The summed E-state index contributed by atoms with van der Waals surface area (Å²) in [7, 11) is 0. The predicted octanol–water partition coefficient (Wildman–Crippen LogP) is 13.9. The van der Waals surface area contributed by atoms with Gasteiger partial charge in [-0.25, -0.2) is 9.97 Å². The molecule has 0 N–H and O–H groups in total. The molecule has 246 valence electrons. The first kappa shape index (κ1) is 29.2. The summed E-state index contributed by atoms with van der Waals surface area (Å²) in [6.45, 7) is 0. The Bertz CT molecular complexity index is 3330. The highest BCUT2D eigenvalue weighted by Gasteiger charge is 2.23. The van der Waals surface area contributed by atoms with Gasteiger partial charge in [-0.3, -0.25) is 4.57 Å². The van der Waals surface area contributed by atoms with Crippen molar-refractivity contribution in [1.82, 2.24) is 14.5 Å². The number of fused-ring (bicyclic) bond motifs is 13. The van der Waals surface area contributed by atoms with Crippen molar-refractivity contribution >= 4 is 106 Å². The summed E-state index contributed by atoms with van der Waals surface area (Å²) in [4.78, 5) is 10.8. The topological polar surface area (TPSA) is 30.7 Å². The number of aromatic nitrogens is 3. The quantitative estimate of drug-likeness (QED) is 0.183. The molecular formula is C48H27N3S2. The van der Waals surface area contributed by atoms with Gasteiger partial charge in [0.25, 0.3) is 0 Å². The van der Waals surface area contributed by atoms with Crippen LogP contribution in [0.4, 0.5) is 0 Å². The summed E-state index contributed by atoms with van der Waals surface area (Å²) in [6, 6.07) is 59.1. The highest BCUT2D eigenvalue weighted by atomic mass is 32.1. The molecule has 12 rings (SSSR count). The van der Waals surface area contributed by atoms with Gasteiger partial charge < -0.3 is 0 Å². The molecule has 0 amide bonds. The van der Waals surface area contributed by atoms with Crippen molar-refractivity contribution in [3.63, 3.8) is 0 Å². The van der Waals surface area contributed by atoms with Crippen LogP contribution in [-0.4, -0.2) is 14.5 Å². The van der Waals surface area contributed by atoms with Crippen LogP contribution in [0.3, 0.4) is 0 Å². The molecule has 0 aliphatic rings. The van der Waals surface area contributed by atoms with Crippen LogP contribution in [0.1, 0.15) is 0 Å². The van der Waals surface area contributed by atoms with Crippen molar-refractivity contribution in [2.24, 2.45) is 0 Å². The summed E-state index contributed by atoms with van der Waals surface area (Å²) in [5, 5.41) is 11.2. The Hall–Kier alpha value is -6.40.